The second kappa shape index (κ2) is 4.85. The summed E-state index contributed by atoms with van der Waals surface area (Å²) in [6.07, 6.45) is 0.891. The van der Waals surface area contributed by atoms with Crippen LogP contribution in [0.1, 0.15) is 27.0 Å². The molecule has 0 saturated carbocycles. The Hall–Kier alpha value is -1.86. The minimum atomic E-state index is -3.80. The standard InChI is InChI=1S/C14H14N2O3S2/c1-2-10-4-5-11(20-10)8-16-14(17)12-6-3-9(15)7-13(12)21(16,18)19/h3-7H,2,8,15H2,1H3. The minimum absolute atomic E-state index is 0.000212. The molecular formula is C14H14N2O3S2. The summed E-state index contributed by atoms with van der Waals surface area (Å²) in [5, 5.41) is 0. The van der Waals surface area contributed by atoms with Crippen LogP contribution in [0.5, 0.6) is 0 Å². The molecule has 1 amide bonds. The van der Waals surface area contributed by atoms with Gasteiger partial charge in [0.15, 0.2) is 0 Å². The molecule has 3 rings (SSSR count). The van der Waals surface area contributed by atoms with Crippen molar-refractivity contribution in [2.75, 3.05) is 5.73 Å². The Labute approximate surface area is 127 Å². The Morgan fingerprint density at radius 1 is 1.19 bits per heavy atom. The Kier molecular flexibility index (Phi) is 3.26. The van der Waals surface area contributed by atoms with Gasteiger partial charge in [0.25, 0.3) is 15.9 Å². The molecule has 110 valence electrons. The number of sulfonamides is 1. The van der Waals surface area contributed by atoms with Crippen LogP contribution >= 0.6 is 11.3 Å². The molecule has 0 saturated heterocycles. The summed E-state index contributed by atoms with van der Waals surface area (Å²) in [4.78, 5) is 14.3. The lowest BCUT2D eigenvalue weighted by Gasteiger charge is -2.13. The first-order chi connectivity index (χ1) is 9.93. The zero-order valence-corrected chi connectivity index (χ0v) is 13.0. The number of hydrogen-bond donors (Lipinski definition) is 1. The van der Waals surface area contributed by atoms with E-state index in [-0.39, 0.29) is 17.0 Å². The summed E-state index contributed by atoms with van der Waals surface area (Å²) in [7, 11) is -3.80. The molecule has 1 aliphatic heterocycles. The third kappa shape index (κ3) is 2.22. The van der Waals surface area contributed by atoms with Crippen molar-refractivity contribution < 1.29 is 13.2 Å². The summed E-state index contributed by atoms with van der Waals surface area (Å²) < 4.78 is 25.9. The second-order valence-electron chi connectivity index (χ2n) is 4.79. The highest BCUT2D eigenvalue weighted by Gasteiger charge is 2.41. The van der Waals surface area contributed by atoms with Gasteiger partial charge in [-0.05, 0) is 36.8 Å². The number of nitrogens with zero attached hydrogens (tertiary/aromatic N) is 1. The van der Waals surface area contributed by atoms with Crippen molar-refractivity contribution in [2.45, 2.75) is 24.8 Å². The van der Waals surface area contributed by atoms with E-state index in [4.69, 9.17) is 5.73 Å². The number of anilines is 1. The number of nitrogens with two attached hydrogens (primary N) is 1. The van der Waals surface area contributed by atoms with E-state index >= 15 is 0 Å². The molecule has 2 N–H and O–H groups in total. The predicted octanol–water partition coefficient (Wildman–Crippen LogP) is 2.24. The Balaban J connectivity index is 2.00. The monoisotopic (exact) mass is 322 g/mol. The van der Waals surface area contributed by atoms with Gasteiger partial charge < -0.3 is 5.73 Å². The number of hydrogen-bond acceptors (Lipinski definition) is 5. The third-order valence-corrected chi connectivity index (χ3v) is 6.38. The van der Waals surface area contributed by atoms with E-state index in [1.807, 2.05) is 19.1 Å². The van der Waals surface area contributed by atoms with Crippen LogP contribution in [-0.4, -0.2) is 18.6 Å². The molecule has 1 aliphatic rings. The number of benzene rings is 1. The lowest BCUT2D eigenvalue weighted by Crippen LogP contribution is -2.29. The highest BCUT2D eigenvalue weighted by atomic mass is 32.2. The average Bonchev–Trinajstić information content (AvgIpc) is 2.97. The lowest BCUT2D eigenvalue weighted by molar-refractivity contribution is 0.0866. The number of fused-ring (bicyclic) bond motifs is 1. The Morgan fingerprint density at radius 2 is 1.90 bits per heavy atom. The number of amides is 1. The lowest BCUT2D eigenvalue weighted by atomic mass is 10.2. The number of thiophene rings is 1. The van der Waals surface area contributed by atoms with Gasteiger partial charge in [0.1, 0.15) is 4.90 Å². The van der Waals surface area contributed by atoms with E-state index in [0.717, 1.165) is 20.5 Å². The maximum Gasteiger partial charge on any atom is 0.269 e. The Morgan fingerprint density at radius 3 is 2.57 bits per heavy atom. The van der Waals surface area contributed by atoms with Crippen LogP contribution in [0.4, 0.5) is 5.69 Å². The van der Waals surface area contributed by atoms with Crippen LogP contribution in [0.25, 0.3) is 0 Å². The number of rotatable bonds is 3. The van der Waals surface area contributed by atoms with Gasteiger partial charge >= 0.3 is 0 Å². The van der Waals surface area contributed by atoms with Crippen molar-refractivity contribution >= 4 is 33.0 Å². The Bertz CT molecular complexity index is 824. The van der Waals surface area contributed by atoms with Gasteiger partial charge in [-0.25, -0.2) is 12.7 Å². The van der Waals surface area contributed by atoms with E-state index < -0.39 is 15.9 Å². The molecule has 7 heteroatoms. The molecule has 0 fully saturated rings. The van der Waals surface area contributed by atoms with E-state index in [2.05, 4.69) is 0 Å². The van der Waals surface area contributed by atoms with Crippen LogP contribution in [0.2, 0.25) is 0 Å². The van der Waals surface area contributed by atoms with Gasteiger partial charge in [-0.2, -0.15) is 0 Å². The van der Waals surface area contributed by atoms with Gasteiger partial charge in [-0.3, -0.25) is 4.79 Å². The highest BCUT2D eigenvalue weighted by molar-refractivity contribution is 7.90. The molecule has 0 aliphatic carbocycles. The third-order valence-electron chi connectivity index (χ3n) is 3.40. The molecule has 2 aromatic rings. The molecule has 2 heterocycles. The van der Waals surface area contributed by atoms with Crippen LogP contribution in [0, 0.1) is 0 Å². The maximum absolute atomic E-state index is 12.5. The van der Waals surface area contributed by atoms with Crippen molar-refractivity contribution in [3.63, 3.8) is 0 Å². The van der Waals surface area contributed by atoms with Gasteiger partial charge in [0.2, 0.25) is 0 Å². The van der Waals surface area contributed by atoms with Crippen LogP contribution < -0.4 is 5.73 Å². The summed E-state index contributed by atoms with van der Waals surface area (Å²) in [6, 6.07) is 8.17. The van der Waals surface area contributed by atoms with E-state index in [9.17, 15) is 13.2 Å². The van der Waals surface area contributed by atoms with Gasteiger partial charge in [-0.1, -0.05) is 6.92 Å². The smallest absolute Gasteiger partial charge is 0.269 e. The van der Waals surface area contributed by atoms with E-state index in [0.29, 0.717) is 5.69 Å². The first-order valence-electron chi connectivity index (χ1n) is 6.47. The number of nitrogen functional groups attached to an aromatic ring is 1. The molecule has 21 heavy (non-hydrogen) atoms. The van der Waals surface area contributed by atoms with Crippen molar-refractivity contribution in [1.29, 1.82) is 0 Å². The first-order valence-corrected chi connectivity index (χ1v) is 8.73. The zero-order valence-electron chi connectivity index (χ0n) is 11.4. The summed E-state index contributed by atoms with van der Waals surface area (Å²) in [5.41, 5.74) is 6.15. The van der Waals surface area contributed by atoms with E-state index in [1.165, 1.54) is 29.5 Å². The minimum Gasteiger partial charge on any atom is -0.399 e. The topological polar surface area (TPSA) is 80.5 Å². The molecule has 0 atom stereocenters. The molecule has 0 radical (unpaired) electrons. The van der Waals surface area contributed by atoms with Crippen molar-refractivity contribution in [3.8, 4) is 0 Å². The van der Waals surface area contributed by atoms with E-state index in [1.54, 1.807) is 0 Å². The van der Waals surface area contributed by atoms with Crippen molar-refractivity contribution in [2.24, 2.45) is 0 Å². The molecule has 1 aromatic carbocycles. The fourth-order valence-electron chi connectivity index (χ4n) is 2.29. The van der Waals surface area contributed by atoms with Crippen molar-refractivity contribution in [3.05, 3.63) is 45.6 Å². The molecule has 0 spiro atoms. The highest BCUT2D eigenvalue weighted by Crippen LogP contribution is 2.33. The average molecular weight is 322 g/mol. The number of carbonyl (C=O) groups excluding carboxylic acids is 1. The summed E-state index contributed by atoms with van der Waals surface area (Å²) in [6.45, 7) is 2.10. The fraction of sp³-hybridized carbons (Fsp3) is 0.214. The van der Waals surface area contributed by atoms with Crippen molar-refractivity contribution in [1.82, 2.24) is 4.31 Å². The largest absolute Gasteiger partial charge is 0.399 e. The van der Waals surface area contributed by atoms with Gasteiger partial charge in [0.05, 0.1) is 12.1 Å². The predicted molar refractivity (Wildman–Crippen MR) is 81.6 cm³/mol. The van der Waals surface area contributed by atoms with Crippen LogP contribution in [-0.2, 0) is 23.0 Å². The molecular weight excluding hydrogens is 308 g/mol. The number of aryl methyl sites for hydroxylation is 1. The van der Waals surface area contributed by atoms with Crippen LogP contribution in [0.3, 0.4) is 0 Å². The molecule has 0 unspecified atom stereocenters. The van der Waals surface area contributed by atoms with Crippen LogP contribution in [0.15, 0.2) is 35.2 Å². The normalized spacial score (nSPS) is 16.2. The number of carbonyl (C=O) groups is 1. The zero-order chi connectivity index (χ0) is 15.2. The molecule has 5 nitrogen and oxygen atoms in total. The maximum atomic E-state index is 12.5. The first kappa shape index (κ1) is 14.1. The second-order valence-corrected chi connectivity index (χ2v) is 7.88. The molecule has 1 aromatic heterocycles. The van der Waals surface area contributed by atoms with Gasteiger partial charge in [-0.15, -0.1) is 11.3 Å². The summed E-state index contributed by atoms with van der Waals surface area (Å²) in [5.74, 6) is -0.489. The van der Waals surface area contributed by atoms with Gasteiger partial charge in [0, 0.05) is 15.4 Å². The quantitative estimate of drug-likeness (QED) is 0.879. The SMILES string of the molecule is CCc1ccc(CN2C(=O)c3ccc(N)cc3S2(=O)=O)s1. The fourth-order valence-corrected chi connectivity index (χ4v) is 4.90. The summed E-state index contributed by atoms with van der Waals surface area (Å²) >= 11 is 1.52. The molecule has 0 bridgehead atoms.